The molecule has 1 fully saturated rings. The molecule has 0 saturated heterocycles. The summed E-state index contributed by atoms with van der Waals surface area (Å²) >= 11 is 6.72. The SMILES string of the molecule is C[C@@H]1Cn2cncc2CN1c1nc(OCC2(CN(C)C)CC2)nc2c1CCN(c1cccc3cccc(Cl)c13)C2. The topological polar surface area (TPSA) is 62.6 Å². The van der Waals surface area contributed by atoms with Crippen molar-refractivity contribution in [1.82, 2.24) is 24.4 Å². The molecule has 7 rings (SSSR count). The van der Waals surface area contributed by atoms with Gasteiger partial charge in [-0.05, 0) is 57.8 Å². The molecule has 9 heteroatoms. The van der Waals surface area contributed by atoms with Crippen LogP contribution >= 0.6 is 11.6 Å². The lowest BCUT2D eigenvalue weighted by Crippen LogP contribution is -2.43. The van der Waals surface area contributed by atoms with Crippen LogP contribution in [0.2, 0.25) is 5.02 Å². The Morgan fingerprint density at radius 2 is 1.93 bits per heavy atom. The molecule has 1 aliphatic carbocycles. The molecule has 40 heavy (non-hydrogen) atoms. The van der Waals surface area contributed by atoms with Gasteiger partial charge in [0.05, 0.1) is 42.4 Å². The summed E-state index contributed by atoms with van der Waals surface area (Å²) in [6.07, 6.45) is 7.13. The quantitative estimate of drug-likeness (QED) is 0.310. The highest BCUT2D eigenvalue weighted by molar-refractivity contribution is 6.36. The summed E-state index contributed by atoms with van der Waals surface area (Å²) in [5.41, 5.74) is 4.83. The molecule has 4 aromatic rings. The van der Waals surface area contributed by atoms with Crippen LogP contribution in [0.15, 0.2) is 48.9 Å². The van der Waals surface area contributed by atoms with Crippen LogP contribution in [0.4, 0.5) is 11.5 Å². The van der Waals surface area contributed by atoms with Gasteiger partial charge in [-0.25, -0.2) is 4.98 Å². The fourth-order valence-electron chi connectivity index (χ4n) is 6.49. The van der Waals surface area contributed by atoms with Crippen LogP contribution in [-0.4, -0.2) is 64.3 Å². The van der Waals surface area contributed by atoms with Gasteiger partial charge < -0.3 is 24.0 Å². The number of halogens is 1. The van der Waals surface area contributed by atoms with Gasteiger partial charge >= 0.3 is 6.01 Å². The molecular weight excluding hydrogens is 522 g/mol. The number of rotatable bonds is 7. The first kappa shape index (κ1) is 25.6. The van der Waals surface area contributed by atoms with Crippen LogP contribution in [-0.2, 0) is 26.1 Å². The van der Waals surface area contributed by atoms with E-state index in [9.17, 15) is 0 Å². The smallest absolute Gasteiger partial charge is 0.318 e. The van der Waals surface area contributed by atoms with Crippen molar-refractivity contribution in [3.05, 3.63) is 70.9 Å². The van der Waals surface area contributed by atoms with Crippen LogP contribution in [0, 0.1) is 5.41 Å². The molecule has 0 amide bonds. The Morgan fingerprint density at radius 3 is 2.73 bits per heavy atom. The van der Waals surface area contributed by atoms with E-state index in [1.807, 2.05) is 24.7 Å². The lowest BCUT2D eigenvalue weighted by atomic mass is 10.0. The molecule has 0 bridgehead atoms. The first-order valence-electron chi connectivity index (χ1n) is 14.2. The maximum absolute atomic E-state index is 6.72. The average molecular weight is 558 g/mol. The minimum absolute atomic E-state index is 0.208. The molecule has 0 unspecified atom stereocenters. The van der Waals surface area contributed by atoms with E-state index in [4.69, 9.17) is 26.3 Å². The predicted octanol–water partition coefficient (Wildman–Crippen LogP) is 5.17. The van der Waals surface area contributed by atoms with Crippen molar-refractivity contribution in [2.75, 3.05) is 43.6 Å². The van der Waals surface area contributed by atoms with Crippen molar-refractivity contribution in [2.45, 2.75) is 51.9 Å². The van der Waals surface area contributed by atoms with Gasteiger partial charge in [0.25, 0.3) is 0 Å². The second-order valence-electron chi connectivity index (χ2n) is 12.1. The molecular formula is C31H36ClN7O. The second kappa shape index (κ2) is 9.93. The highest BCUT2D eigenvalue weighted by atomic mass is 35.5. The zero-order valence-electron chi connectivity index (χ0n) is 23.5. The zero-order valence-corrected chi connectivity index (χ0v) is 24.2. The van der Waals surface area contributed by atoms with Crippen molar-refractivity contribution >= 4 is 33.9 Å². The van der Waals surface area contributed by atoms with E-state index >= 15 is 0 Å². The first-order chi connectivity index (χ1) is 19.4. The van der Waals surface area contributed by atoms with E-state index in [2.05, 4.69) is 69.5 Å². The molecule has 1 atom stereocenters. The molecule has 208 valence electrons. The number of imidazole rings is 1. The van der Waals surface area contributed by atoms with E-state index in [1.165, 1.54) is 24.1 Å². The third-order valence-electron chi connectivity index (χ3n) is 8.71. The highest BCUT2D eigenvalue weighted by Crippen LogP contribution is 2.46. The number of benzene rings is 2. The number of nitrogens with zero attached hydrogens (tertiary/aromatic N) is 7. The van der Waals surface area contributed by atoms with E-state index in [1.54, 1.807) is 0 Å². The summed E-state index contributed by atoms with van der Waals surface area (Å²) in [7, 11) is 4.26. The van der Waals surface area contributed by atoms with Crippen LogP contribution < -0.4 is 14.5 Å². The number of aromatic nitrogens is 4. The average Bonchev–Trinajstić information content (AvgIpc) is 3.55. The van der Waals surface area contributed by atoms with Crippen LogP contribution in [0.5, 0.6) is 6.01 Å². The Morgan fingerprint density at radius 1 is 1.10 bits per heavy atom. The summed E-state index contributed by atoms with van der Waals surface area (Å²) in [5, 5.41) is 3.02. The van der Waals surface area contributed by atoms with Crippen molar-refractivity contribution in [3.63, 3.8) is 0 Å². The lowest BCUT2D eigenvalue weighted by molar-refractivity contribution is 0.182. The number of hydrogen-bond donors (Lipinski definition) is 0. The van der Waals surface area contributed by atoms with Gasteiger partial charge in [0.15, 0.2) is 0 Å². The molecule has 2 aliphatic heterocycles. The van der Waals surface area contributed by atoms with Crippen LogP contribution in [0.1, 0.15) is 36.7 Å². The summed E-state index contributed by atoms with van der Waals surface area (Å²) in [5.74, 6) is 1.01. The summed E-state index contributed by atoms with van der Waals surface area (Å²) in [6.45, 7) is 7.16. The molecule has 3 aliphatic rings. The Kier molecular flexibility index (Phi) is 6.35. The number of hydrogen-bond acceptors (Lipinski definition) is 7. The maximum atomic E-state index is 6.72. The van der Waals surface area contributed by atoms with Gasteiger partial charge in [-0.1, -0.05) is 35.9 Å². The second-order valence-corrected chi connectivity index (χ2v) is 12.5. The molecule has 2 aromatic heterocycles. The predicted molar refractivity (Wildman–Crippen MR) is 159 cm³/mol. The highest BCUT2D eigenvalue weighted by Gasteiger charge is 2.44. The minimum Gasteiger partial charge on any atom is -0.463 e. The van der Waals surface area contributed by atoms with E-state index in [0.717, 1.165) is 65.6 Å². The Hall–Kier alpha value is -3.36. The van der Waals surface area contributed by atoms with Gasteiger partial charge in [0.2, 0.25) is 0 Å². The summed E-state index contributed by atoms with van der Waals surface area (Å²) in [4.78, 5) is 21.6. The Bertz CT molecular complexity index is 1560. The number of ether oxygens (including phenoxy) is 1. The van der Waals surface area contributed by atoms with E-state index in [0.29, 0.717) is 19.2 Å². The monoisotopic (exact) mass is 557 g/mol. The van der Waals surface area contributed by atoms with E-state index in [-0.39, 0.29) is 11.5 Å². The fourth-order valence-corrected chi connectivity index (χ4v) is 6.77. The normalized spacial score (nSPS) is 19.6. The van der Waals surface area contributed by atoms with Crippen LogP contribution in [0.25, 0.3) is 10.8 Å². The van der Waals surface area contributed by atoms with Gasteiger partial charge in [-0.3, -0.25) is 0 Å². The molecule has 0 spiro atoms. The van der Waals surface area contributed by atoms with Crippen molar-refractivity contribution in [2.24, 2.45) is 5.41 Å². The largest absolute Gasteiger partial charge is 0.463 e. The Balaban J connectivity index is 1.25. The lowest BCUT2D eigenvalue weighted by Gasteiger charge is -2.38. The zero-order chi connectivity index (χ0) is 27.4. The van der Waals surface area contributed by atoms with Crippen molar-refractivity contribution < 1.29 is 4.74 Å². The van der Waals surface area contributed by atoms with Gasteiger partial charge in [0.1, 0.15) is 5.82 Å². The fraction of sp³-hybridized carbons (Fsp3) is 0.452. The van der Waals surface area contributed by atoms with Gasteiger partial charge in [0, 0.05) is 53.9 Å². The number of fused-ring (bicyclic) bond motifs is 3. The molecule has 2 aromatic carbocycles. The van der Waals surface area contributed by atoms with Crippen LogP contribution in [0.3, 0.4) is 0 Å². The van der Waals surface area contributed by atoms with Crippen molar-refractivity contribution in [1.29, 1.82) is 0 Å². The molecule has 4 heterocycles. The summed E-state index contributed by atoms with van der Waals surface area (Å²) in [6, 6.07) is 13.3. The first-order valence-corrected chi connectivity index (χ1v) is 14.6. The van der Waals surface area contributed by atoms with Gasteiger partial charge in [-0.15, -0.1) is 0 Å². The minimum atomic E-state index is 0.208. The third-order valence-corrected chi connectivity index (χ3v) is 9.02. The van der Waals surface area contributed by atoms with Crippen molar-refractivity contribution in [3.8, 4) is 6.01 Å². The molecule has 0 N–H and O–H groups in total. The molecule has 8 nitrogen and oxygen atoms in total. The summed E-state index contributed by atoms with van der Waals surface area (Å²) < 4.78 is 8.67. The molecule has 1 saturated carbocycles. The van der Waals surface area contributed by atoms with Gasteiger partial charge in [-0.2, -0.15) is 9.97 Å². The number of anilines is 2. The maximum Gasteiger partial charge on any atom is 0.318 e. The van der Waals surface area contributed by atoms with E-state index < -0.39 is 0 Å². The molecule has 0 radical (unpaired) electrons. The Labute approximate surface area is 240 Å². The standard InChI is InChI=1S/C31H36ClN7O/c1-21-15-38-20-33-14-23(38)16-39(21)29-24-10-13-37(27-9-5-7-22-6-4-8-25(32)28(22)27)17-26(24)34-30(35-29)40-19-31(11-12-31)18-36(2)3/h4-9,14,20-21H,10-13,15-19H2,1-3H3/t21-/m1/s1. The third kappa shape index (κ3) is 4.67.